The summed E-state index contributed by atoms with van der Waals surface area (Å²) >= 11 is 13.3. The van der Waals surface area contributed by atoms with Crippen LogP contribution in [0, 0.1) is 0 Å². The van der Waals surface area contributed by atoms with Gasteiger partial charge in [0, 0.05) is 16.5 Å². The zero-order valence-corrected chi connectivity index (χ0v) is 17.3. The minimum atomic E-state index is -0.465. The largest absolute Gasteiger partial charge is 0.461 e. The van der Waals surface area contributed by atoms with Crippen LogP contribution in [0.5, 0.6) is 0 Å². The molecule has 2 rings (SSSR count). The Morgan fingerprint density at radius 3 is 2.50 bits per heavy atom. The first-order valence-electron chi connectivity index (χ1n) is 8.02. The van der Waals surface area contributed by atoms with Gasteiger partial charge in [-0.2, -0.15) is 0 Å². The zero-order valence-electron chi connectivity index (χ0n) is 15.0. The number of aromatic nitrogens is 1. The molecule has 1 heterocycles. The van der Waals surface area contributed by atoms with E-state index in [1.54, 1.807) is 35.4 Å². The number of carbonyl (C=O) groups excluding carboxylic acids is 2. The molecule has 5 nitrogen and oxygen atoms in total. The van der Waals surface area contributed by atoms with Gasteiger partial charge in [-0.05, 0) is 45.9 Å². The van der Waals surface area contributed by atoms with Crippen molar-refractivity contribution < 1.29 is 14.3 Å². The maximum absolute atomic E-state index is 13.0. The highest BCUT2D eigenvalue weighted by Crippen LogP contribution is 2.26. The van der Waals surface area contributed by atoms with Crippen molar-refractivity contribution >= 4 is 46.4 Å². The lowest BCUT2D eigenvalue weighted by Gasteiger charge is -2.35. The van der Waals surface area contributed by atoms with Crippen molar-refractivity contribution in [3.63, 3.8) is 0 Å². The second-order valence-electron chi connectivity index (χ2n) is 6.54. The van der Waals surface area contributed by atoms with Gasteiger partial charge in [-0.15, -0.1) is 11.3 Å². The number of benzene rings is 1. The topological polar surface area (TPSA) is 59.5 Å². The first-order chi connectivity index (χ1) is 12.1. The molecule has 0 aliphatic rings. The molecule has 26 heavy (non-hydrogen) atoms. The summed E-state index contributed by atoms with van der Waals surface area (Å²) in [5.41, 5.74) is 0.234. The highest BCUT2D eigenvalue weighted by Gasteiger charge is 2.29. The molecule has 0 saturated carbocycles. The Hall–Kier alpha value is -1.63. The minimum Gasteiger partial charge on any atom is -0.461 e. The number of ether oxygens (including phenoxy) is 1. The lowest BCUT2D eigenvalue weighted by Crippen LogP contribution is -2.45. The highest BCUT2D eigenvalue weighted by atomic mass is 35.5. The fraction of sp³-hybridized carbons (Fsp3) is 0.389. The molecule has 0 atom stereocenters. The zero-order chi connectivity index (χ0) is 19.5. The number of hydrogen-bond acceptors (Lipinski definition) is 5. The van der Waals surface area contributed by atoms with E-state index >= 15 is 0 Å². The summed E-state index contributed by atoms with van der Waals surface area (Å²) in [6, 6.07) is 4.79. The molecule has 0 aliphatic heterocycles. The molecule has 0 N–H and O–H groups in total. The summed E-state index contributed by atoms with van der Waals surface area (Å²) in [6.45, 7) is 8.09. The molecule has 1 aromatic heterocycles. The van der Waals surface area contributed by atoms with Gasteiger partial charge >= 0.3 is 5.97 Å². The van der Waals surface area contributed by atoms with Gasteiger partial charge in [0.15, 0.2) is 5.69 Å². The summed E-state index contributed by atoms with van der Waals surface area (Å²) in [4.78, 5) is 30.8. The van der Waals surface area contributed by atoms with E-state index in [2.05, 4.69) is 4.98 Å². The van der Waals surface area contributed by atoms with Crippen molar-refractivity contribution in [2.24, 2.45) is 0 Å². The van der Waals surface area contributed by atoms with Crippen molar-refractivity contribution in [1.82, 2.24) is 9.88 Å². The van der Waals surface area contributed by atoms with Crippen molar-refractivity contribution in [3.05, 3.63) is 49.9 Å². The molecule has 8 heteroatoms. The Morgan fingerprint density at radius 1 is 1.23 bits per heavy atom. The maximum atomic E-state index is 13.0. The molecule has 1 aromatic carbocycles. The normalized spacial score (nSPS) is 11.3. The van der Waals surface area contributed by atoms with Gasteiger partial charge in [0.2, 0.25) is 0 Å². The number of nitrogens with zero attached hydrogens (tertiary/aromatic N) is 2. The smallest absolute Gasteiger partial charge is 0.357 e. The van der Waals surface area contributed by atoms with Crippen LogP contribution in [-0.2, 0) is 11.3 Å². The van der Waals surface area contributed by atoms with Gasteiger partial charge in [-0.25, -0.2) is 9.78 Å². The number of thiazole rings is 1. The first kappa shape index (κ1) is 20.7. The van der Waals surface area contributed by atoms with Crippen LogP contribution in [0.2, 0.25) is 10.0 Å². The highest BCUT2D eigenvalue weighted by molar-refractivity contribution is 7.09. The summed E-state index contributed by atoms with van der Waals surface area (Å²) in [7, 11) is 0. The quantitative estimate of drug-likeness (QED) is 0.640. The molecule has 0 radical (unpaired) electrons. The fourth-order valence-electron chi connectivity index (χ4n) is 2.22. The Bertz CT molecular complexity index is 815. The first-order valence-corrected chi connectivity index (χ1v) is 9.65. The van der Waals surface area contributed by atoms with Crippen molar-refractivity contribution in [1.29, 1.82) is 0 Å². The molecule has 0 spiro atoms. The van der Waals surface area contributed by atoms with Crippen molar-refractivity contribution in [3.8, 4) is 0 Å². The second kappa shape index (κ2) is 8.37. The number of rotatable bonds is 5. The predicted octanol–water partition coefficient (Wildman–Crippen LogP) is 5.07. The number of halogens is 2. The molecule has 0 saturated heterocycles. The van der Waals surface area contributed by atoms with E-state index in [0.717, 1.165) is 0 Å². The maximum Gasteiger partial charge on any atom is 0.357 e. The molecule has 1 amide bonds. The third-order valence-electron chi connectivity index (χ3n) is 3.55. The van der Waals surface area contributed by atoms with E-state index in [1.807, 2.05) is 20.8 Å². The monoisotopic (exact) mass is 414 g/mol. The van der Waals surface area contributed by atoms with Crippen LogP contribution >= 0.6 is 34.5 Å². The van der Waals surface area contributed by atoms with Crippen LogP contribution in [0.15, 0.2) is 23.6 Å². The van der Waals surface area contributed by atoms with Gasteiger partial charge in [0.05, 0.1) is 23.2 Å². The van der Waals surface area contributed by atoms with Crippen molar-refractivity contribution in [2.75, 3.05) is 6.61 Å². The average Bonchev–Trinajstić information content (AvgIpc) is 3.02. The molecular weight excluding hydrogens is 395 g/mol. The fourth-order valence-corrected chi connectivity index (χ4v) is 3.27. The van der Waals surface area contributed by atoms with Crippen LogP contribution < -0.4 is 0 Å². The van der Waals surface area contributed by atoms with E-state index in [1.165, 1.54) is 11.3 Å². The molecule has 0 bridgehead atoms. The Morgan fingerprint density at radius 2 is 1.92 bits per heavy atom. The molecule has 140 valence electrons. The van der Waals surface area contributed by atoms with E-state index in [9.17, 15) is 9.59 Å². The molecule has 0 unspecified atom stereocenters. The summed E-state index contributed by atoms with van der Waals surface area (Å²) in [5, 5.41) is 3.00. The standard InChI is InChI=1S/C18H20Cl2N2O3S/c1-5-25-17(24)14-10-26-15(21-14)9-22(18(2,3)4)16(23)11-6-7-12(19)13(20)8-11/h6-8,10H,5,9H2,1-4H3. The lowest BCUT2D eigenvalue weighted by molar-refractivity contribution is 0.0520. The van der Waals surface area contributed by atoms with E-state index in [-0.39, 0.29) is 24.8 Å². The number of carbonyl (C=O) groups is 2. The van der Waals surface area contributed by atoms with Gasteiger partial charge in [-0.1, -0.05) is 23.2 Å². The van der Waals surface area contributed by atoms with Crippen LogP contribution in [0.4, 0.5) is 0 Å². The van der Waals surface area contributed by atoms with Crippen molar-refractivity contribution in [2.45, 2.75) is 39.8 Å². The third-order valence-corrected chi connectivity index (χ3v) is 5.12. The minimum absolute atomic E-state index is 0.191. The van der Waals surface area contributed by atoms with E-state index in [4.69, 9.17) is 27.9 Å². The Labute approximate surface area is 166 Å². The molecular formula is C18H20Cl2N2O3S. The van der Waals surface area contributed by atoms with E-state index < -0.39 is 11.5 Å². The molecule has 0 aliphatic carbocycles. The molecule has 0 fully saturated rings. The number of amides is 1. The Balaban J connectivity index is 2.27. The van der Waals surface area contributed by atoms with E-state index in [0.29, 0.717) is 20.6 Å². The Kier molecular flexibility index (Phi) is 6.66. The summed E-state index contributed by atoms with van der Waals surface area (Å²) < 4.78 is 4.95. The summed E-state index contributed by atoms with van der Waals surface area (Å²) in [6.07, 6.45) is 0. The van der Waals surface area contributed by atoms with Gasteiger partial charge in [0.1, 0.15) is 5.01 Å². The van der Waals surface area contributed by atoms with Gasteiger partial charge in [-0.3, -0.25) is 4.79 Å². The molecule has 2 aromatic rings. The number of hydrogen-bond donors (Lipinski definition) is 0. The van der Waals surface area contributed by atoms with Gasteiger partial charge in [0.25, 0.3) is 5.91 Å². The van der Waals surface area contributed by atoms with Gasteiger partial charge < -0.3 is 9.64 Å². The van der Waals surface area contributed by atoms with Crippen LogP contribution in [0.25, 0.3) is 0 Å². The predicted molar refractivity (Wildman–Crippen MR) is 104 cm³/mol. The number of esters is 1. The summed E-state index contributed by atoms with van der Waals surface area (Å²) in [5.74, 6) is -0.655. The third kappa shape index (κ3) is 4.96. The lowest BCUT2D eigenvalue weighted by atomic mass is 10.0. The SMILES string of the molecule is CCOC(=O)c1csc(CN(C(=O)c2ccc(Cl)c(Cl)c2)C(C)(C)C)n1. The average molecular weight is 415 g/mol. The second-order valence-corrected chi connectivity index (χ2v) is 8.30. The van der Waals surface area contributed by atoms with Crippen LogP contribution in [0.3, 0.4) is 0 Å². The van der Waals surface area contributed by atoms with Crippen LogP contribution in [0.1, 0.15) is 53.5 Å². The van der Waals surface area contributed by atoms with Crippen LogP contribution in [-0.4, -0.2) is 33.9 Å².